The maximum absolute atomic E-state index is 11.9. The summed E-state index contributed by atoms with van der Waals surface area (Å²) in [5.74, 6) is 0.731. The average Bonchev–Trinajstić information content (AvgIpc) is 2.40. The van der Waals surface area contributed by atoms with Gasteiger partial charge in [-0.25, -0.2) is 0 Å². The van der Waals surface area contributed by atoms with E-state index in [0.29, 0.717) is 12.3 Å². The van der Waals surface area contributed by atoms with E-state index in [4.69, 9.17) is 0 Å². The number of rotatable bonds is 4. The van der Waals surface area contributed by atoms with Crippen molar-refractivity contribution < 1.29 is 4.79 Å². The van der Waals surface area contributed by atoms with Crippen LogP contribution in [0.25, 0.3) is 0 Å². The van der Waals surface area contributed by atoms with Gasteiger partial charge in [-0.1, -0.05) is 24.3 Å². The van der Waals surface area contributed by atoms with E-state index in [0.717, 1.165) is 25.2 Å². The second-order valence-electron chi connectivity index (χ2n) is 5.12. The fourth-order valence-electron chi connectivity index (χ4n) is 2.40. The van der Waals surface area contributed by atoms with Crippen molar-refractivity contribution in [2.75, 3.05) is 19.6 Å². The summed E-state index contributed by atoms with van der Waals surface area (Å²) in [5, 5.41) is 6.42. The van der Waals surface area contributed by atoms with Crippen LogP contribution in [0.1, 0.15) is 24.0 Å². The summed E-state index contributed by atoms with van der Waals surface area (Å²) >= 11 is 0. The molecule has 1 heterocycles. The molecule has 1 aromatic rings. The molecule has 1 aromatic carbocycles. The second kappa shape index (κ2) is 6.55. The van der Waals surface area contributed by atoms with Crippen molar-refractivity contribution in [3.05, 3.63) is 35.4 Å². The van der Waals surface area contributed by atoms with E-state index in [9.17, 15) is 4.79 Å². The standard InChI is InChI=1S/C15H22N2O/c1-12-5-2-3-7-14(12)9-15(18)17-11-13-6-4-8-16-10-13/h2-3,5,7,13,16H,4,6,8-11H2,1H3,(H,17,18). The Labute approximate surface area is 109 Å². The minimum Gasteiger partial charge on any atom is -0.355 e. The molecule has 0 spiro atoms. The third-order valence-electron chi connectivity index (χ3n) is 3.60. The van der Waals surface area contributed by atoms with Crippen molar-refractivity contribution in [2.45, 2.75) is 26.2 Å². The van der Waals surface area contributed by atoms with Crippen molar-refractivity contribution in [3.8, 4) is 0 Å². The number of amides is 1. The van der Waals surface area contributed by atoms with E-state index in [-0.39, 0.29) is 5.91 Å². The topological polar surface area (TPSA) is 41.1 Å². The molecular weight excluding hydrogens is 224 g/mol. The lowest BCUT2D eigenvalue weighted by atomic mass is 9.99. The summed E-state index contributed by atoms with van der Waals surface area (Å²) in [6, 6.07) is 8.07. The third-order valence-corrected chi connectivity index (χ3v) is 3.60. The Morgan fingerprint density at radius 3 is 3.00 bits per heavy atom. The van der Waals surface area contributed by atoms with Gasteiger partial charge in [0.15, 0.2) is 0 Å². The first kappa shape index (κ1) is 13.1. The van der Waals surface area contributed by atoms with Crippen LogP contribution < -0.4 is 10.6 Å². The monoisotopic (exact) mass is 246 g/mol. The number of piperidine rings is 1. The maximum Gasteiger partial charge on any atom is 0.224 e. The number of nitrogens with one attached hydrogen (secondary N) is 2. The van der Waals surface area contributed by atoms with E-state index in [1.807, 2.05) is 31.2 Å². The van der Waals surface area contributed by atoms with Gasteiger partial charge in [0, 0.05) is 6.54 Å². The highest BCUT2D eigenvalue weighted by molar-refractivity contribution is 5.78. The molecule has 1 unspecified atom stereocenters. The number of hydrogen-bond donors (Lipinski definition) is 2. The molecule has 98 valence electrons. The SMILES string of the molecule is Cc1ccccc1CC(=O)NCC1CCCNC1. The van der Waals surface area contributed by atoms with E-state index >= 15 is 0 Å². The summed E-state index contributed by atoms with van der Waals surface area (Å²) in [5.41, 5.74) is 2.31. The van der Waals surface area contributed by atoms with Crippen LogP contribution in [0.2, 0.25) is 0 Å². The first-order valence-electron chi connectivity index (χ1n) is 6.77. The minimum absolute atomic E-state index is 0.134. The van der Waals surface area contributed by atoms with Gasteiger partial charge in [-0.15, -0.1) is 0 Å². The van der Waals surface area contributed by atoms with Gasteiger partial charge >= 0.3 is 0 Å². The van der Waals surface area contributed by atoms with Gasteiger partial charge in [0.2, 0.25) is 5.91 Å². The normalized spacial score (nSPS) is 19.5. The maximum atomic E-state index is 11.9. The fraction of sp³-hybridized carbons (Fsp3) is 0.533. The molecule has 0 aromatic heterocycles. The van der Waals surface area contributed by atoms with Gasteiger partial charge in [0.05, 0.1) is 6.42 Å². The highest BCUT2D eigenvalue weighted by Gasteiger charge is 2.14. The first-order valence-corrected chi connectivity index (χ1v) is 6.77. The lowest BCUT2D eigenvalue weighted by Crippen LogP contribution is -2.38. The molecule has 0 radical (unpaired) electrons. The van der Waals surface area contributed by atoms with Crippen LogP contribution in [0.15, 0.2) is 24.3 Å². The number of benzene rings is 1. The summed E-state index contributed by atoms with van der Waals surface area (Å²) in [4.78, 5) is 11.9. The zero-order valence-electron chi connectivity index (χ0n) is 11.0. The van der Waals surface area contributed by atoms with E-state index in [1.54, 1.807) is 0 Å². The predicted octanol–water partition coefficient (Wildman–Crippen LogP) is 1.65. The summed E-state index contributed by atoms with van der Waals surface area (Å²) in [6.45, 7) is 5.00. The molecule has 1 aliphatic rings. The predicted molar refractivity (Wildman–Crippen MR) is 73.5 cm³/mol. The largest absolute Gasteiger partial charge is 0.355 e. The van der Waals surface area contributed by atoms with Gasteiger partial charge in [0.25, 0.3) is 0 Å². The molecule has 3 nitrogen and oxygen atoms in total. The first-order chi connectivity index (χ1) is 8.75. The van der Waals surface area contributed by atoms with Crippen molar-refractivity contribution in [3.63, 3.8) is 0 Å². The Balaban J connectivity index is 1.76. The van der Waals surface area contributed by atoms with Gasteiger partial charge < -0.3 is 10.6 Å². The molecule has 1 aliphatic heterocycles. The van der Waals surface area contributed by atoms with Crippen LogP contribution in [-0.4, -0.2) is 25.5 Å². The molecule has 1 fully saturated rings. The number of carbonyl (C=O) groups is 1. The van der Waals surface area contributed by atoms with E-state index < -0.39 is 0 Å². The molecule has 0 bridgehead atoms. The van der Waals surface area contributed by atoms with Crippen molar-refractivity contribution in [1.29, 1.82) is 0 Å². The number of aryl methyl sites for hydroxylation is 1. The molecule has 0 saturated carbocycles. The molecule has 1 amide bonds. The Hall–Kier alpha value is -1.35. The van der Waals surface area contributed by atoms with Crippen molar-refractivity contribution in [2.24, 2.45) is 5.92 Å². The Kier molecular flexibility index (Phi) is 4.76. The third kappa shape index (κ3) is 3.84. The zero-order valence-corrected chi connectivity index (χ0v) is 11.0. The molecule has 2 N–H and O–H groups in total. The lowest BCUT2D eigenvalue weighted by molar-refractivity contribution is -0.120. The van der Waals surface area contributed by atoms with Crippen molar-refractivity contribution in [1.82, 2.24) is 10.6 Å². The molecule has 1 saturated heterocycles. The van der Waals surface area contributed by atoms with Gasteiger partial charge in [0.1, 0.15) is 0 Å². The van der Waals surface area contributed by atoms with Crippen LogP contribution in [0, 0.1) is 12.8 Å². The molecular formula is C15H22N2O. The lowest BCUT2D eigenvalue weighted by Gasteiger charge is -2.22. The van der Waals surface area contributed by atoms with E-state index in [2.05, 4.69) is 10.6 Å². The van der Waals surface area contributed by atoms with E-state index in [1.165, 1.54) is 18.4 Å². The molecule has 1 atom stereocenters. The van der Waals surface area contributed by atoms with Crippen LogP contribution in [0.4, 0.5) is 0 Å². The van der Waals surface area contributed by atoms with Gasteiger partial charge in [-0.05, 0) is 49.9 Å². The molecule has 18 heavy (non-hydrogen) atoms. The molecule has 3 heteroatoms. The minimum atomic E-state index is 0.134. The number of hydrogen-bond acceptors (Lipinski definition) is 2. The Morgan fingerprint density at radius 2 is 2.28 bits per heavy atom. The van der Waals surface area contributed by atoms with Crippen molar-refractivity contribution >= 4 is 5.91 Å². The molecule has 0 aliphatic carbocycles. The van der Waals surface area contributed by atoms with Crippen LogP contribution >= 0.6 is 0 Å². The average molecular weight is 246 g/mol. The smallest absolute Gasteiger partial charge is 0.224 e. The van der Waals surface area contributed by atoms with Crippen LogP contribution in [0.3, 0.4) is 0 Å². The van der Waals surface area contributed by atoms with Crippen LogP contribution in [0.5, 0.6) is 0 Å². The summed E-state index contributed by atoms with van der Waals surface area (Å²) in [6.07, 6.45) is 2.93. The Bertz CT molecular complexity index is 397. The molecule has 2 rings (SSSR count). The fourth-order valence-corrected chi connectivity index (χ4v) is 2.40. The highest BCUT2D eigenvalue weighted by Crippen LogP contribution is 2.09. The second-order valence-corrected chi connectivity index (χ2v) is 5.12. The highest BCUT2D eigenvalue weighted by atomic mass is 16.1. The van der Waals surface area contributed by atoms with Gasteiger partial charge in [-0.3, -0.25) is 4.79 Å². The Morgan fingerprint density at radius 1 is 1.44 bits per heavy atom. The van der Waals surface area contributed by atoms with Crippen LogP contribution in [-0.2, 0) is 11.2 Å². The zero-order chi connectivity index (χ0) is 12.8. The summed E-state index contributed by atoms with van der Waals surface area (Å²) < 4.78 is 0. The quantitative estimate of drug-likeness (QED) is 0.848. The summed E-state index contributed by atoms with van der Waals surface area (Å²) in [7, 11) is 0. The van der Waals surface area contributed by atoms with Gasteiger partial charge in [-0.2, -0.15) is 0 Å². The number of carbonyl (C=O) groups excluding carboxylic acids is 1.